The maximum atomic E-state index is 12.7. The predicted octanol–water partition coefficient (Wildman–Crippen LogP) is 1.76. The number of nitrogens with zero attached hydrogens (tertiary/aromatic N) is 1. The molecule has 2 bridgehead atoms. The van der Waals surface area contributed by atoms with Gasteiger partial charge in [-0.15, -0.1) is 0 Å². The van der Waals surface area contributed by atoms with Crippen molar-refractivity contribution in [2.75, 3.05) is 6.54 Å². The Morgan fingerprint density at radius 3 is 2.71 bits per heavy atom. The Labute approximate surface area is 104 Å². The third-order valence-electron chi connectivity index (χ3n) is 5.40. The van der Waals surface area contributed by atoms with Crippen LogP contribution in [-0.2, 0) is 4.79 Å². The van der Waals surface area contributed by atoms with Gasteiger partial charge in [-0.2, -0.15) is 0 Å². The van der Waals surface area contributed by atoms with Gasteiger partial charge in [0.15, 0.2) is 0 Å². The van der Waals surface area contributed by atoms with Crippen molar-refractivity contribution in [2.45, 2.75) is 57.5 Å². The lowest BCUT2D eigenvalue weighted by molar-refractivity contribution is -0.138. The van der Waals surface area contributed by atoms with Gasteiger partial charge in [-0.25, -0.2) is 0 Å². The summed E-state index contributed by atoms with van der Waals surface area (Å²) in [5.41, 5.74) is 6.27. The maximum Gasteiger partial charge on any atom is 0.227 e. The molecule has 3 nitrogen and oxygen atoms in total. The van der Waals surface area contributed by atoms with Crippen LogP contribution in [0.25, 0.3) is 0 Å². The monoisotopic (exact) mass is 236 g/mol. The van der Waals surface area contributed by atoms with E-state index in [2.05, 4.69) is 11.8 Å². The van der Waals surface area contributed by atoms with Crippen LogP contribution in [0.15, 0.2) is 0 Å². The number of carbonyl (C=O) groups excluding carboxylic acids is 1. The lowest BCUT2D eigenvalue weighted by atomic mass is 9.84. The Kier molecular flexibility index (Phi) is 2.89. The van der Waals surface area contributed by atoms with Crippen molar-refractivity contribution < 1.29 is 4.79 Å². The fourth-order valence-corrected chi connectivity index (χ4v) is 4.44. The van der Waals surface area contributed by atoms with Crippen molar-refractivity contribution in [3.05, 3.63) is 0 Å². The van der Waals surface area contributed by atoms with E-state index in [0.29, 0.717) is 23.8 Å². The number of nitrogens with two attached hydrogens (primary N) is 1. The average Bonchev–Trinajstić information content (AvgIpc) is 3.02. The quantitative estimate of drug-likeness (QED) is 0.794. The first-order valence-electron chi connectivity index (χ1n) is 7.28. The Morgan fingerprint density at radius 2 is 2.06 bits per heavy atom. The number of amides is 1. The smallest absolute Gasteiger partial charge is 0.227 e. The molecular weight excluding hydrogens is 212 g/mol. The number of hydrogen-bond donors (Lipinski definition) is 1. The van der Waals surface area contributed by atoms with Gasteiger partial charge in [0.1, 0.15) is 0 Å². The fourth-order valence-electron chi connectivity index (χ4n) is 4.44. The average molecular weight is 236 g/mol. The highest BCUT2D eigenvalue weighted by molar-refractivity contribution is 5.81. The molecule has 1 amide bonds. The predicted molar refractivity (Wildman–Crippen MR) is 67.3 cm³/mol. The van der Waals surface area contributed by atoms with Gasteiger partial charge in [-0.3, -0.25) is 4.79 Å². The van der Waals surface area contributed by atoms with E-state index >= 15 is 0 Å². The summed E-state index contributed by atoms with van der Waals surface area (Å²) in [7, 11) is 0. The number of hydrogen-bond acceptors (Lipinski definition) is 2. The molecule has 2 aliphatic carbocycles. The van der Waals surface area contributed by atoms with Crippen molar-refractivity contribution in [3.63, 3.8) is 0 Å². The van der Waals surface area contributed by atoms with Gasteiger partial charge >= 0.3 is 0 Å². The molecule has 2 N–H and O–H groups in total. The van der Waals surface area contributed by atoms with Crippen LogP contribution in [0.5, 0.6) is 0 Å². The first kappa shape index (κ1) is 11.5. The molecule has 5 atom stereocenters. The molecule has 0 radical (unpaired) electrons. The summed E-state index contributed by atoms with van der Waals surface area (Å²) in [5.74, 6) is 1.77. The molecule has 0 aromatic rings. The summed E-state index contributed by atoms with van der Waals surface area (Å²) in [5, 5.41) is 0. The van der Waals surface area contributed by atoms with Crippen molar-refractivity contribution in [1.82, 2.24) is 4.90 Å². The Morgan fingerprint density at radius 1 is 1.29 bits per heavy atom. The molecule has 0 spiro atoms. The van der Waals surface area contributed by atoms with E-state index in [1.54, 1.807) is 0 Å². The van der Waals surface area contributed by atoms with Crippen LogP contribution >= 0.6 is 0 Å². The van der Waals surface area contributed by atoms with Gasteiger partial charge in [-0.1, -0.05) is 6.92 Å². The second-order valence-corrected chi connectivity index (χ2v) is 6.17. The van der Waals surface area contributed by atoms with E-state index in [1.807, 2.05) is 0 Å². The van der Waals surface area contributed by atoms with Crippen LogP contribution < -0.4 is 5.73 Å². The van der Waals surface area contributed by atoms with Gasteiger partial charge in [0.2, 0.25) is 5.91 Å². The van der Waals surface area contributed by atoms with Crippen molar-refractivity contribution >= 4 is 5.91 Å². The second kappa shape index (κ2) is 4.27. The van der Waals surface area contributed by atoms with E-state index in [-0.39, 0.29) is 12.0 Å². The molecule has 1 heterocycles. The Bertz CT molecular complexity index is 315. The number of likely N-dealkylation sites (tertiary alicyclic amines) is 1. The molecule has 2 saturated carbocycles. The molecule has 3 aliphatic rings. The van der Waals surface area contributed by atoms with Gasteiger partial charge in [-0.05, 0) is 50.4 Å². The Hall–Kier alpha value is -0.570. The summed E-state index contributed by atoms with van der Waals surface area (Å²) in [6.45, 7) is 3.16. The zero-order chi connectivity index (χ0) is 12.0. The van der Waals surface area contributed by atoms with Crippen LogP contribution in [0.1, 0.15) is 45.4 Å². The minimum absolute atomic E-state index is 0.152. The highest BCUT2D eigenvalue weighted by Crippen LogP contribution is 2.48. The minimum Gasteiger partial charge on any atom is -0.339 e. The number of carbonyl (C=O) groups is 1. The molecule has 1 saturated heterocycles. The highest BCUT2D eigenvalue weighted by atomic mass is 16.2. The summed E-state index contributed by atoms with van der Waals surface area (Å²) < 4.78 is 0. The van der Waals surface area contributed by atoms with Crippen LogP contribution in [0.4, 0.5) is 0 Å². The van der Waals surface area contributed by atoms with Crippen molar-refractivity contribution in [3.8, 4) is 0 Å². The molecule has 5 unspecified atom stereocenters. The first-order chi connectivity index (χ1) is 8.22. The molecule has 3 heteroatoms. The highest BCUT2D eigenvalue weighted by Gasteiger charge is 2.50. The van der Waals surface area contributed by atoms with E-state index in [9.17, 15) is 4.79 Å². The molecule has 0 aromatic heterocycles. The second-order valence-electron chi connectivity index (χ2n) is 6.17. The molecule has 1 aliphatic heterocycles. The van der Waals surface area contributed by atoms with E-state index in [4.69, 9.17) is 5.73 Å². The van der Waals surface area contributed by atoms with Gasteiger partial charge in [0.25, 0.3) is 0 Å². The zero-order valence-corrected chi connectivity index (χ0v) is 10.8. The fraction of sp³-hybridized carbons (Fsp3) is 0.929. The number of rotatable bonds is 2. The van der Waals surface area contributed by atoms with Gasteiger partial charge in [0.05, 0.1) is 5.92 Å². The van der Waals surface area contributed by atoms with E-state index in [1.165, 1.54) is 32.1 Å². The summed E-state index contributed by atoms with van der Waals surface area (Å²) in [6, 6.07) is 0.646. The lowest BCUT2D eigenvalue weighted by Gasteiger charge is -2.33. The van der Waals surface area contributed by atoms with Crippen molar-refractivity contribution in [1.29, 1.82) is 0 Å². The summed E-state index contributed by atoms with van der Waals surface area (Å²) >= 11 is 0. The largest absolute Gasteiger partial charge is 0.339 e. The molecule has 96 valence electrons. The molecule has 3 fully saturated rings. The standard InChI is InChI=1S/C14H24N2O/c1-2-11-4-3-7-16(11)14(17)12-9-5-6-10(8-9)13(12)15/h9-13H,2-8,15H2,1H3. The van der Waals surface area contributed by atoms with Crippen LogP contribution in [0.3, 0.4) is 0 Å². The first-order valence-corrected chi connectivity index (χ1v) is 7.28. The summed E-state index contributed by atoms with van der Waals surface area (Å²) in [4.78, 5) is 14.8. The normalized spacial score (nSPS) is 44.6. The zero-order valence-electron chi connectivity index (χ0n) is 10.8. The van der Waals surface area contributed by atoms with Crippen molar-refractivity contribution in [2.24, 2.45) is 23.5 Å². The SMILES string of the molecule is CCC1CCCN1C(=O)C1C2CCC(C2)C1N. The molecular formula is C14H24N2O. The third kappa shape index (κ3) is 1.70. The maximum absolute atomic E-state index is 12.7. The van der Waals surface area contributed by atoms with Gasteiger partial charge in [0, 0.05) is 18.6 Å². The van der Waals surface area contributed by atoms with E-state index in [0.717, 1.165) is 13.0 Å². The molecule has 17 heavy (non-hydrogen) atoms. The molecule has 3 rings (SSSR count). The third-order valence-corrected chi connectivity index (χ3v) is 5.40. The minimum atomic E-state index is 0.152. The van der Waals surface area contributed by atoms with Gasteiger partial charge < -0.3 is 10.6 Å². The summed E-state index contributed by atoms with van der Waals surface area (Å²) in [6.07, 6.45) is 7.18. The van der Waals surface area contributed by atoms with E-state index < -0.39 is 0 Å². The van der Waals surface area contributed by atoms with Crippen LogP contribution in [-0.4, -0.2) is 29.4 Å². The topological polar surface area (TPSA) is 46.3 Å². The van der Waals surface area contributed by atoms with Crippen LogP contribution in [0, 0.1) is 17.8 Å². The molecule has 0 aromatic carbocycles. The lowest BCUT2D eigenvalue weighted by Crippen LogP contribution is -2.48. The number of fused-ring (bicyclic) bond motifs is 2. The Balaban J connectivity index is 1.74. The van der Waals surface area contributed by atoms with Crippen LogP contribution in [0.2, 0.25) is 0 Å².